The van der Waals surface area contributed by atoms with Gasteiger partial charge in [0.05, 0.1) is 19.0 Å². The molecule has 0 aliphatic rings. The molecule has 2 aromatic rings. The van der Waals surface area contributed by atoms with Crippen LogP contribution in [0.2, 0.25) is 0 Å². The number of amides is 2. The number of methoxy groups -OCH3 is 1. The average Bonchev–Trinajstić information content (AvgIpc) is 3.04. The summed E-state index contributed by atoms with van der Waals surface area (Å²) < 4.78 is 6.32. The quantitative estimate of drug-likeness (QED) is 0.665. The third-order valence-corrected chi connectivity index (χ3v) is 4.91. The van der Waals surface area contributed by atoms with Crippen molar-refractivity contribution in [2.75, 3.05) is 14.2 Å². The van der Waals surface area contributed by atoms with E-state index in [2.05, 4.69) is 10.6 Å². The van der Waals surface area contributed by atoms with Crippen LogP contribution in [0.1, 0.15) is 39.2 Å². The minimum Gasteiger partial charge on any atom is -0.469 e. The summed E-state index contributed by atoms with van der Waals surface area (Å²) >= 11 is 0. The molecule has 0 bridgehead atoms. The van der Waals surface area contributed by atoms with Gasteiger partial charge in [-0.1, -0.05) is 32.0 Å². The largest absolute Gasteiger partial charge is 0.469 e. The third kappa shape index (κ3) is 5.82. The van der Waals surface area contributed by atoms with Crippen LogP contribution in [0.3, 0.4) is 0 Å². The Morgan fingerprint density at radius 3 is 2.45 bits per heavy atom. The Morgan fingerprint density at radius 2 is 1.83 bits per heavy atom. The van der Waals surface area contributed by atoms with Gasteiger partial charge in [0, 0.05) is 30.6 Å². The highest BCUT2D eigenvalue weighted by Gasteiger charge is 2.25. The second-order valence-corrected chi connectivity index (χ2v) is 7.82. The van der Waals surface area contributed by atoms with E-state index >= 15 is 0 Å². The zero-order valence-corrected chi connectivity index (χ0v) is 17.8. The molecule has 1 aromatic heterocycles. The van der Waals surface area contributed by atoms with Gasteiger partial charge in [0.25, 0.3) is 0 Å². The number of para-hydroxylation sites is 1. The van der Waals surface area contributed by atoms with Crippen LogP contribution in [0.25, 0.3) is 10.9 Å². The first kappa shape index (κ1) is 22.5. The Labute approximate surface area is 171 Å². The number of carbonyl (C=O) groups is 3. The van der Waals surface area contributed by atoms with Crippen LogP contribution in [0, 0.1) is 11.8 Å². The van der Waals surface area contributed by atoms with E-state index in [4.69, 9.17) is 4.74 Å². The van der Waals surface area contributed by atoms with Crippen molar-refractivity contribution in [3.8, 4) is 0 Å². The standard InChI is InChI=1S/C22H31N3O4/c1-14(2)10-16(12-20(26)29-5)21(27)24-15(3)11-17-13-25(22(28)23-4)19-9-7-6-8-18(17)19/h6-9,13-16H,10-12H2,1-5H3,(H,23,28)(H,24,27)/t15-,16+/m1/s1. The monoisotopic (exact) mass is 401 g/mol. The summed E-state index contributed by atoms with van der Waals surface area (Å²) in [7, 11) is 2.92. The summed E-state index contributed by atoms with van der Waals surface area (Å²) in [6, 6.07) is 7.32. The molecule has 0 radical (unpaired) electrons. The highest BCUT2D eigenvalue weighted by Crippen LogP contribution is 2.23. The van der Waals surface area contributed by atoms with E-state index in [1.165, 1.54) is 7.11 Å². The minimum atomic E-state index is -0.419. The van der Waals surface area contributed by atoms with E-state index in [1.54, 1.807) is 11.6 Å². The van der Waals surface area contributed by atoms with Crippen molar-refractivity contribution in [3.05, 3.63) is 36.0 Å². The maximum atomic E-state index is 12.8. The highest BCUT2D eigenvalue weighted by atomic mass is 16.5. The van der Waals surface area contributed by atoms with Crippen molar-refractivity contribution >= 4 is 28.8 Å². The molecule has 0 spiro atoms. The van der Waals surface area contributed by atoms with Gasteiger partial charge in [0.2, 0.25) is 5.91 Å². The second-order valence-electron chi connectivity index (χ2n) is 7.82. The van der Waals surface area contributed by atoms with Crippen LogP contribution in [0.5, 0.6) is 0 Å². The molecule has 1 aromatic carbocycles. The first-order chi connectivity index (χ1) is 13.8. The number of ether oxygens (including phenoxy) is 1. The molecule has 0 saturated carbocycles. The highest BCUT2D eigenvalue weighted by molar-refractivity contribution is 5.93. The molecule has 0 fully saturated rings. The Balaban J connectivity index is 2.15. The van der Waals surface area contributed by atoms with E-state index in [0.29, 0.717) is 12.8 Å². The van der Waals surface area contributed by atoms with Crippen LogP contribution >= 0.6 is 0 Å². The summed E-state index contributed by atoms with van der Waals surface area (Å²) in [6.07, 6.45) is 3.07. The predicted molar refractivity (Wildman–Crippen MR) is 113 cm³/mol. The molecule has 2 amide bonds. The molecule has 7 heteroatoms. The molecule has 2 atom stereocenters. The van der Waals surface area contributed by atoms with Gasteiger partial charge >= 0.3 is 12.0 Å². The number of fused-ring (bicyclic) bond motifs is 1. The normalized spacial score (nSPS) is 13.2. The van der Waals surface area contributed by atoms with Crippen molar-refractivity contribution in [1.29, 1.82) is 0 Å². The molecule has 1 heterocycles. The molecular weight excluding hydrogens is 370 g/mol. The summed E-state index contributed by atoms with van der Waals surface area (Å²) in [5.41, 5.74) is 1.80. The van der Waals surface area contributed by atoms with Crippen LogP contribution in [-0.4, -0.2) is 42.7 Å². The zero-order chi connectivity index (χ0) is 21.6. The van der Waals surface area contributed by atoms with Gasteiger partial charge in [-0.05, 0) is 37.3 Å². The number of carbonyl (C=O) groups excluding carboxylic acids is 3. The third-order valence-electron chi connectivity index (χ3n) is 4.91. The van der Waals surface area contributed by atoms with Crippen LogP contribution in [0.15, 0.2) is 30.5 Å². The molecule has 0 saturated heterocycles. The maximum absolute atomic E-state index is 12.8. The summed E-state index contributed by atoms with van der Waals surface area (Å²) in [4.78, 5) is 36.6. The van der Waals surface area contributed by atoms with Gasteiger partial charge in [0.1, 0.15) is 0 Å². The summed E-state index contributed by atoms with van der Waals surface area (Å²) in [5.74, 6) is -0.660. The number of rotatable bonds is 8. The fourth-order valence-corrected chi connectivity index (χ4v) is 3.58. The Hall–Kier alpha value is -2.83. The molecule has 29 heavy (non-hydrogen) atoms. The Bertz CT molecular complexity index is 872. The maximum Gasteiger partial charge on any atom is 0.325 e. The molecule has 158 valence electrons. The van der Waals surface area contributed by atoms with Crippen LogP contribution in [0.4, 0.5) is 4.79 Å². The fraction of sp³-hybridized carbons (Fsp3) is 0.500. The van der Waals surface area contributed by atoms with Crippen molar-refractivity contribution in [1.82, 2.24) is 15.2 Å². The molecule has 0 aliphatic carbocycles. The smallest absolute Gasteiger partial charge is 0.325 e. The van der Waals surface area contributed by atoms with E-state index < -0.39 is 5.92 Å². The van der Waals surface area contributed by atoms with Gasteiger partial charge < -0.3 is 15.4 Å². The topological polar surface area (TPSA) is 89.4 Å². The van der Waals surface area contributed by atoms with Crippen LogP contribution in [-0.2, 0) is 20.7 Å². The van der Waals surface area contributed by atoms with Gasteiger partial charge in [0.15, 0.2) is 0 Å². The first-order valence-electron chi connectivity index (χ1n) is 9.95. The number of esters is 1. The van der Waals surface area contributed by atoms with Crippen molar-refractivity contribution in [3.63, 3.8) is 0 Å². The van der Waals surface area contributed by atoms with Crippen molar-refractivity contribution in [2.24, 2.45) is 11.8 Å². The van der Waals surface area contributed by atoms with Crippen LogP contribution < -0.4 is 10.6 Å². The Kier molecular flexibility index (Phi) is 7.82. The SMILES string of the molecule is CNC(=O)n1cc(C[C@@H](C)NC(=O)[C@H](CC(=O)OC)CC(C)C)c2ccccc21. The lowest BCUT2D eigenvalue weighted by atomic mass is 9.93. The van der Waals surface area contributed by atoms with Crippen molar-refractivity contribution in [2.45, 2.75) is 46.1 Å². The number of nitrogens with one attached hydrogen (secondary N) is 2. The zero-order valence-electron chi connectivity index (χ0n) is 17.8. The van der Waals surface area contributed by atoms with E-state index in [0.717, 1.165) is 16.5 Å². The lowest BCUT2D eigenvalue weighted by Crippen LogP contribution is -2.39. The number of benzene rings is 1. The first-order valence-corrected chi connectivity index (χ1v) is 9.95. The molecule has 0 aliphatic heterocycles. The average molecular weight is 402 g/mol. The van der Waals surface area contributed by atoms with Gasteiger partial charge in [-0.25, -0.2) is 4.79 Å². The summed E-state index contributed by atoms with van der Waals surface area (Å²) in [6.45, 7) is 5.97. The molecule has 2 rings (SSSR count). The number of aromatic nitrogens is 1. The minimum absolute atomic E-state index is 0.0726. The predicted octanol–water partition coefficient (Wildman–Crippen LogP) is 3.10. The van der Waals surface area contributed by atoms with Crippen molar-refractivity contribution < 1.29 is 19.1 Å². The molecule has 2 N–H and O–H groups in total. The Morgan fingerprint density at radius 1 is 1.14 bits per heavy atom. The van der Waals surface area contributed by atoms with E-state index in [-0.39, 0.29) is 36.3 Å². The van der Waals surface area contributed by atoms with E-state index in [1.807, 2.05) is 51.2 Å². The van der Waals surface area contributed by atoms with Gasteiger partial charge in [-0.15, -0.1) is 0 Å². The van der Waals surface area contributed by atoms with Gasteiger partial charge in [-0.3, -0.25) is 14.2 Å². The number of hydrogen-bond acceptors (Lipinski definition) is 4. The lowest BCUT2D eigenvalue weighted by molar-refractivity contribution is -0.144. The molecule has 7 nitrogen and oxygen atoms in total. The molecular formula is C22H31N3O4. The van der Waals surface area contributed by atoms with E-state index in [9.17, 15) is 14.4 Å². The second kappa shape index (κ2) is 10.1. The molecule has 0 unspecified atom stereocenters. The number of hydrogen-bond donors (Lipinski definition) is 2. The fourth-order valence-electron chi connectivity index (χ4n) is 3.58. The number of nitrogens with zero attached hydrogens (tertiary/aromatic N) is 1. The van der Waals surface area contributed by atoms with Gasteiger partial charge in [-0.2, -0.15) is 0 Å². The lowest BCUT2D eigenvalue weighted by Gasteiger charge is -2.21. The summed E-state index contributed by atoms with van der Waals surface area (Å²) in [5, 5.41) is 6.64.